The normalized spacial score (nSPS) is 19.8. The molecule has 0 aromatic heterocycles. The average Bonchev–Trinajstić information content (AvgIpc) is 3.32. The van der Waals surface area contributed by atoms with Crippen molar-refractivity contribution in [3.63, 3.8) is 0 Å². The second-order valence-electron chi connectivity index (χ2n) is 13.4. The monoisotopic (exact) mass is 611 g/mol. The number of carboxylic acid groups (broad SMARTS) is 2. The molecule has 0 fully saturated rings. The molecular formula is C37H43N2O6+. The molecule has 0 bridgehead atoms. The number of nitrogens with zero attached hydrogens (tertiary/aromatic N) is 2. The van der Waals surface area contributed by atoms with Crippen molar-refractivity contribution in [1.82, 2.24) is 0 Å². The fraction of sp³-hybridized carbons (Fsp3) is 0.405. The van der Waals surface area contributed by atoms with E-state index >= 15 is 0 Å². The maximum atomic E-state index is 13.6. The van der Waals surface area contributed by atoms with Gasteiger partial charge in [-0.2, -0.15) is 4.58 Å². The van der Waals surface area contributed by atoms with Crippen molar-refractivity contribution >= 4 is 34.8 Å². The first-order chi connectivity index (χ1) is 21.2. The van der Waals surface area contributed by atoms with Crippen LogP contribution in [-0.2, 0) is 15.6 Å². The quantitative estimate of drug-likeness (QED) is 0.137. The van der Waals surface area contributed by atoms with Crippen LogP contribution in [0, 0.1) is 0 Å². The summed E-state index contributed by atoms with van der Waals surface area (Å²) < 4.78 is 1.93. The van der Waals surface area contributed by atoms with Crippen molar-refractivity contribution in [2.24, 2.45) is 0 Å². The molecule has 3 N–H and O–H groups in total. The maximum absolute atomic E-state index is 13.6. The summed E-state index contributed by atoms with van der Waals surface area (Å²) in [6, 6.07) is 10.2. The van der Waals surface area contributed by atoms with Gasteiger partial charge in [0.2, 0.25) is 11.5 Å². The summed E-state index contributed by atoms with van der Waals surface area (Å²) >= 11 is 0. The summed E-state index contributed by atoms with van der Waals surface area (Å²) in [6.45, 7) is 10.9. The lowest BCUT2D eigenvalue weighted by molar-refractivity contribution is -0.401. The van der Waals surface area contributed by atoms with Crippen LogP contribution >= 0.6 is 0 Å². The van der Waals surface area contributed by atoms with Crippen molar-refractivity contribution in [3.8, 4) is 0 Å². The Labute approximate surface area is 264 Å². The van der Waals surface area contributed by atoms with Gasteiger partial charge in [0.1, 0.15) is 12.8 Å². The zero-order chi connectivity index (χ0) is 32.8. The summed E-state index contributed by atoms with van der Waals surface area (Å²) in [5.41, 5.74) is 4.79. The van der Waals surface area contributed by atoms with Gasteiger partial charge in [0.05, 0.1) is 27.7 Å². The fourth-order valence-corrected chi connectivity index (χ4v) is 6.97. The van der Waals surface area contributed by atoms with E-state index in [0.29, 0.717) is 0 Å². The number of aliphatic hydroxyl groups excluding tert-OH is 1. The lowest BCUT2D eigenvalue weighted by Gasteiger charge is -2.29. The highest BCUT2D eigenvalue weighted by molar-refractivity contribution is 6.24. The SMILES string of the molecule is CCCCCCCCN1/C(=C/C2=C(O)C(=C/C3=[N+](C)c4ccc(C(=O)O)cc4C3(C)C)/C2=O)C(C)(C)c2cc(C(=O)O)ccc21. The van der Waals surface area contributed by atoms with Crippen molar-refractivity contribution in [3.05, 3.63) is 93.4 Å². The number of ketones is 1. The molecule has 8 nitrogen and oxygen atoms in total. The third-order valence-corrected chi connectivity index (χ3v) is 9.72. The first-order valence-electron chi connectivity index (χ1n) is 15.8. The number of aliphatic hydroxyl groups is 1. The molecule has 2 aliphatic heterocycles. The smallest absolute Gasteiger partial charge is 0.335 e. The molecule has 1 aliphatic carbocycles. The predicted octanol–water partition coefficient (Wildman–Crippen LogP) is 7.45. The molecule has 2 aromatic carbocycles. The Hall–Kier alpha value is -4.46. The summed E-state index contributed by atoms with van der Waals surface area (Å²) in [4.78, 5) is 39.2. The third-order valence-electron chi connectivity index (χ3n) is 9.72. The van der Waals surface area contributed by atoms with E-state index in [1.807, 2.05) is 45.4 Å². The molecule has 5 rings (SSSR count). The molecule has 2 heterocycles. The number of Topliss-reactive ketones (excluding diaryl/α,β-unsaturated/α-hetero) is 1. The minimum atomic E-state index is -1.00. The van der Waals surface area contributed by atoms with Gasteiger partial charge in [-0.15, -0.1) is 0 Å². The maximum Gasteiger partial charge on any atom is 0.335 e. The van der Waals surface area contributed by atoms with Gasteiger partial charge in [-0.25, -0.2) is 9.59 Å². The largest absolute Gasteiger partial charge is 0.506 e. The Bertz CT molecular complexity index is 1740. The fourth-order valence-electron chi connectivity index (χ4n) is 6.97. The van der Waals surface area contributed by atoms with Gasteiger partial charge in [0.25, 0.3) is 0 Å². The summed E-state index contributed by atoms with van der Waals surface area (Å²) in [6.07, 6.45) is 10.3. The molecule has 0 spiro atoms. The number of carbonyl (C=O) groups excluding carboxylic acids is 1. The Kier molecular flexibility index (Phi) is 8.38. The number of allylic oxidation sites excluding steroid dienone is 5. The zero-order valence-corrected chi connectivity index (χ0v) is 27.0. The van der Waals surface area contributed by atoms with Gasteiger partial charge in [-0.1, -0.05) is 52.9 Å². The van der Waals surface area contributed by atoms with Gasteiger partial charge >= 0.3 is 11.9 Å². The number of rotatable bonds is 11. The lowest BCUT2D eigenvalue weighted by atomic mass is 9.77. The van der Waals surface area contributed by atoms with E-state index in [9.17, 15) is 29.7 Å². The first kappa shape index (κ1) is 31.9. The second kappa shape index (κ2) is 11.8. The zero-order valence-electron chi connectivity index (χ0n) is 27.0. The highest BCUT2D eigenvalue weighted by Crippen LogP contribution is 2.50. The number of benzene rings is 2. The van der Waals surface area contributed by atoms with Gasteiger partial charge in [0.15, 0.2) is 5.71 Å². The lowest BCUT2D eigenvalue weighted by Crippen LogP contribution is -2.32. The molecule has 0 saturated heterocycles. The predicted molar refractivity (Wildman–Crippen MR) is 175 cm³/mol. The van der Waals surface area contributed by atoms with E-state index in [-0.39, 0.29) is 33.8 Å². The van der Waals surface area contributed by atoms with Crippen LogP contribution < -0.4 is 4.90 Å². The first-order valence-corrected chi connectivity index (χ1v) is 15.8. The van der Waals surface area contributed by atoms with E-state index in [1.54, 1.807) is 42.5 Å². The van der Waals surface area contributed by atoms with Crippen LogP contribution in [0.15, 0.2) is 71.2 Å². The number of carboxylic acids is 2. The number of aromatic carboxylic acids is 2. The molecule has 0 unspecified atom stereocenters. The van der Waals surface area contributed by atoms with Crippen LogP contribution in [-0.4, -0.2) is 56.9 Å². The average molecular weight is 612 g/mol. The molecule has 8 heteroatoms. The molecule has 0 amide bonds. The Balaban J connectivity index is 1.50. The van der Waals surface area contributed by atoms with Crippen LogP contribution in [0.2, 0.25) is 0 Å². The van der Waals surface area contributed by atoms with Crippen molar-refractivity contribution in [2.45, 2.75) is 84.0 Å². The standard InChI is InChI=1S/C37H42N2O6/c1-7-8-9-10-11-12-17-39-29-16-14-23(35(44)45)19-27(29)37(4,5)31(39)21-25-32(40)24(33(25)41)20-30-36(2,3)26-18-22(34(42)43)13-15-28(26)38(30)6/h13-16,18-21H,7-12,17H2,1-6H3,(H2-,40,41,42,43,44,45)/p+1. The number of anilines is 1. The van der Waals surface area contributed by atoms with E-state index in [4.69, 9.17) is 0 Å². The van der Waals surface area contributed by atoms with Gasteiger partial charge in [-0.05, 0) is 62.2 Å². The second-order valence-corrected chi connectivity index (χ2v) is 13.4. The molecule has 3 aliphatic rings. The van der Waals surface area contributed by atoms with E-state index in [1.165, 1.54) is 19.3 Å². The summed E-state index contributed by atoms with van der Waals surface area (Å²) in [5.74, 6) is -2.34. The van der Waals surface area contributed by atoms with Gasteiger partial charge in [-0.3, -0.25) is 4.79 Å². The number of carbonyl (C=O) groups is 3. The number of hydrogen-bond donors (Lipinski definition) is 3. The van der Waals surface area contributed by atoms with Crippen LogP contribution in [0.25, 0.3) is 0 Å². The van der Waals surface area contributed by atoms with Crippen LogP contribution in [0.3, 0.4) is 0 Å². The Morgan fingerprint density at radius 3 is 2.07 bits per heavy atom. The minimum absolute atomic E-state index is 0.0797. The summed E-state index contributed by atoms with van der Waals surface area (Å²) in [5, 5.41) is 30.5. The van der Waals surface area contributed by atoms with E-state index in [2.05, 4.69) is 11.8 Å². The molecule has 45 heavy (non-hydrogen) atoms. The van der Waals surface area contributed by atoms with Crippen molar-refractivity contribution < 1.29 is 34.3 Å². The topological polar surface area (TPSA) is 118 Å². The van der Waals surface area contributed by atoms with Gasteiger partial charge in [0, 0.05) is 41.1 Å². The molecule has 0 saturated carbocycles. The highest BCUT2D eigenvalue weighted by Gasteiger charge is 2.47. The van der Waals surface area contributed by atoms with Crippen LogP contribution in [0.5, 0.6) is 0 Å². The molecular weight excluding hydrogens is 568 g/mol. The molecule has 0 radical (unpaired) electrons. The van der Waals surface area contributed by atoms with E-state index in [0.717, 1.165) is 59.7 Å². The summed E-state index contributed by atoms with van der Waals surface area (Å²) in [7, 11) is 1.87. The van der Waals surface area contributed by atoms with Crippen LogP contribution in [0.1, 0.15) is 105 Å². The molecule has 236 valence electrons. The highest BCUT2D eigenvalue weighted by atomic mass is 16.4. The Morgan fingerprint density at radius 1 is 0.844 bits per heavy atom. The van der Waals surface area contributed by atoms with Crippen LogP contribution in [0.4, 0.5) is 11.4 Å². The van der Waals surface area contributed by atoms with Crippen molar-refractivity contribution in [2.75, 3.05) is 18.5 Å². The molecule has 0 atom stereocenters. The minimum Gasteiger partial charge on any atom is -0.506 e. The number of fused-ring (bicyclic) bond motifs is 2. The van der Waals surface area contributed by atoms with Gasteiger partial charge < -0.3 is 20.2 Å². The Morgan fingerprint density at radius 2 is 1.44 bits per heavy atom. The number of unbranched alkanes of at least 4 members (excludes halogenated alkanes) is 5. The van der Waals surface area contributed by atoms with Crippen molar-refractivity contribution in [1.29, 1.82) is 0 Å². The number of hydrogen-bond acceptors (Lipinski definition) is 5. The third kappa shape index (κ3) is 5.40. The van der Waals surface area contributed by atoms with E-state index < -0.39 is 22.8 Å². The molecule has 2 aromatic rings.